The molecule has 1 fully saturated rings. The molecule has 0 spiro atoms. The first-order valence-corrected chi connectivity index (χ1v) is 11.6. The van der Waals surface area contributed by atoms with Gasteiger partial charge in [0.25, 0.3) is 0 Å². The summed E-state index contributed by atoms with van der Waals surface area (Å²) in [5, 5.41) is 17.4. The van der Waals surface area contributed by atoms with Crippen molar-refractivity contribution in [2.75, 3.05) is 23.3 Å². The normalized spacial score (nSPS) is 16.5. The molecule has 32 heavy (non-hydrogen) atoms. The minimum Gasteiger partial charge on any atom is -0.354 e. The molecule has 1 amide bonds. The van der Waals surface area contributed by atoms with Crippen molar-refractivity contribution in [3.05, 3.63) is 52.8 Å². The zero-order chi connectivity index (χ0) is 22.2. The highest BCUT2D eigenvalue weighted by Gasteiger charge is 2.27. The van der Waals surface area contributed by atoms with Crippen LogP contribution in [0, 0.1) is 26.7 Å². The van der Waals surface area contributed by atoms with Gasteiger partial charge in [0.2, 0.25) is 5.91 Å². The second-order valence-electron chi connectivity index (χ2n) is 8.28. The Balaban J connectivity index is 1.27. The molecule has 1 aliphatic rings. The summed E-state index contributed by atoms with van der Waals surface area (Å²) in [5.41, 5.74) is 3.68. The number of hydrogen-bond donors (Lipinski definition) is 1. The molecule has 4 heterocycles. The number of carbonyl (C=O) groups is 1. The lowest BCUT2D eigenvalue weighted by Crippen LogP contribution is -2.41. The lowest BCUT2D eigenvalue weighted by atomic mass is 9.97. The summed E-state index contributed by atoms with van der Waals surface area (Å²) >= 11 is 1.66. The molecule has 3 aromatic heterocycles. The molecule has 9 heteroatoms. The number of nitrogens with zero attached hydrogens (tertiary/aromatic N) is 6. The number of aromatic nitrogens is 5. The Morgan fingerprint density at radius 3 is 2.66 bits per heavy atom. The zero-order valence-electron chi connectivity index (χ0n) is 18.4. The number of anilines is 2. The molecule has 1 N–H and O–H groups in total. The van der Waals surface area contributed by atoms with E-state index < -0.39 is 0 Å². The van der Waals surface area contributed by atoms with Gasteiger partial charge in [-0.15, -0.1) is 21.5 Å². The van der Waals surface area contributed by atoms with Crippen LogP contribution < -0.4 is 10.2 Å². The minimum atomic E-state index is -0.103. The van der Waals surface area contributed by atoms with Crippen molar-refractivity contribution >= 4 is 39.0 Å². The molecule has 0 bridgehead atoms. The van der Waals surface area contributed by atoms with Crippen LogP contribution in [-0.2, 0) is 4.79 Å². The van der Waals surface area contributed by atoms with Crippen molar-refractivity contribution in [2.24, 2.45) is 5.92 Å². The van der Waals surface area contributed by atoms with Gasteiger partial charge in [-0.25, -0.2) is 9.67 Å². The Hall–Kier alpha value is -3.33. The van der Waals surface area contributed by atoms with Crippen molar-refractivity contribution in [2.45, 2.75) is 33.6 Å². The first kappa shape index (κ1) is 20.6. The molecule has 1 unspecified atom stereocenters. The fraction of sp³-hybridized carbons (Fsp3) is 0.348. The molecular weight excluding hydrogens is 422 g/mol. The van der Waals surface area contributed by atoms with E-state index >= 15 is 0 Å². The quantitative estimate of drug-likeness (QED) is 0.508. The molecule has 0 radical (unpaired) electrons. The van der Waals surface area contributed by atoms with Crippen LogP contribution in [0.5, 0.6) is 0 Å². The van der Waals surface area contributed by atoms with E-state index in [1.54, 1.807) is 16.0 Å². The van der Waals surface area contributed by atoms with Gasteiger partial charge in [0.05, 0.1) is 26.8 Å². The summed E-state index contributed by atoms with van der Waals surface area (Å²) in [4.78, 5) is 19.6. The van der Waals surface area contributed by atoms with Crippen LogP contribution in [0.15, 0.2) is 36.4 Å². The molecule has 4 aromatic rings. The van der Waals surface area contributed by atoms with Gasteiger partial charge < -0.3 is 10.2 Å². The van der Waals surface area contributed by atoms with Crippen LogP contribution in [0.25, 0.3) is 16.0 Å². The largest absolute Gasteiger partial charge is 0.354 e. The van der Waals surface area contributed by atoms with E-state index in [2.05, 4.69) is 30.5 Å². The van der Waals surface area contributed by atoms with E-state index in [1.165, 1.54) is 0 Å². The average molecular weight is 448 g/mol. The van der Waals surface area contributed by atoms with E-state index in [9.17, 15) is 4.79 Å². The van der Waals surface area contributed by atoms with Crippen LogP contribution in [-0.4, -0.2) is 44.0 Å². The van der Waals surface area contributed by atoms with Crippen molar-refractivity contribution < 1.29 is 4.79 Å². The SMILES string of the molecule is Cc1cc(C)n(-c2ccc(N3CCCC(C(=O)Nc4ccc5sc(C)nc5c4)C3)nn2)n1. The summed E-state index contributed by atoms with van der Waals surface area (Å²) in [6.45, 7) is 7.43. The Labute approximate surface area is 190 Å². The van der Waals surface area contributed by atoms with E-state index in [0.717, 1.165) is 57.5 Å². The van der Waals surface area contributed by atoms with Gasteiger partial charge in [0, 0.05) is 24.5 Å². The number of nitrogens with one attached hydrogen (secondary N) is 1. The lowest BCUT2D eigenvalue weighted by molar-refractivity contribution is -0.120. The zero-order valence-corrected chi connectivity index (χ0v) is 19.2. The van der Waals surface area contributed by atoms with Gasteiger partial charge in [-0.1, -0.05) is 0 Å². The van der Waals surface area contributed by atoms with Crippen LogP contribution in [0.4, 0.5) is 11.5 Å². The maximum absolute atomic E-state index is 13.0. The Morgan fingerprint density at radius 1 is 1.09 bits per heavy atom. The van der Waals surface area contributed by atoms with Gasteiger partial charge in [-0.2, -0.15) is 5.10 Å². The molecular formula is C23H25N7OS. The fourth-order valence-electron chi connectivity index (χ4n) is 4.22. The van der Waals surface area contributed by atoms with E-state index in [0.29, 0.717) is 12.4 Å². The second kappa shape index (κ2) is 8.31. The predicted molar refractivity (Wildman–Crippen MR) is 127 cm³/mol. The summed E-state index contributed by atoms with van der Waals surface area (Å²) in [6, 6.07) is 11.8. The monoisotopic (exact) mass is 447 g/mol. The highest BCUT2D eigenvalue weighted by Crippen LogP contribution is 2.26. The minimum absolute atomic E-state index is 0.0354. The predicted octanol–water partition coefficient (Wildman–Crippen LogP) is 4.05. The first-order chi connectivity index (χ1) is 15.5. The van der Waals surface area contributed by atoms with Crippen LogP contribution in [0.2, 0.25) is 0 Å². The van der Waals surface area contributed by atoms with Crippen molar-refractivity contribution in [1.29, 1.82) is 0 Å². The van der Waals surface area contributed by atoms with E-state index in [4.69, 9.17) is 0 Å². The summed E-state index contributed by atoms with van der Waals surface area (Å²) in [5.74, 6) is 1.41. The second-order valence-corrected chi connectivity index (χ2v) is 9.51. The van der Waals surface area contributed by atoms with Crippen LogP contribution in [0.3, 0.4) is 0 Å². The standard InChI is InChI=1S/C23H25N7OS/c1-14-11-15(2)30(28-14)22-9-8-21(26-27-22)29-10-4-5-17(13-29)23(31)25-18-6-7-20-19(12-18)24-16(3)32-20/h6-9,11-12,17H,4-5,10,13H2,1-3H3,(H,25,31). The number of rotatable bonds is 4. The third-order valence-electron chi connectivity index (χ3n) is 5.74. The van der Waals surface area contributed by atoms with Gasteiger partial charge in [0.1, 0.15) is 0 Å². The third kappa shape index (κ3) is 4.08. The van der Waals surface area contributed by atoms with Gasteiger partial charge in [-0.05, 0) is 70.0 Å². The lowest BCUT2D eigenvalue weighted by Gasteiger charge is -2.32. The summed E-state index contributed by atoms with van der Waals surface area (Å²) < 4.78 is 2.92. The number of hydrogen-bond acceptors (Lipinski definition) is 7. The van der Waals surface area contributed by atoms with Crippen molar-refractivity contribution in [1.82, 2.24) is 25.0 Å². The summed E-state index contributed by atoms with van der Waals surface area (Å²) in [6.07, 6.45) is 1.79. The average Bonchev–Trinajstić information content (AvgIpc) is 3.33. The Bertz CT molecular complexity index is 1280. The first-order valence-electron chi connectivity index (χ1n) is 10.8. The number of carbonyl (C=O) groups excluding carboxylic acids is 1. The molecule has 1 atom stereocenters. The van der Waals surface area contributed by atoms with E-state index in [-0.39, 0.29) is 11.8 Å². The topological polar surface area (TPSA) is 88.8 Å². The summed E-state index contributed by atoms with van der Waals surface area (Å²) in [7, 11) is 0. The number of piperidine rings is 1. The van der Waals surface area contributed by atoms with E-state index in [1.807, 2.05) is 57.2 Å². The molecule has 5 rings (SSSR count). The van der Waals surface area contributed by atoms with Gasteiger partial charge >= 0.3 is 0 Å². The maximum atomic E-state index is 13.0. The molecule has 1 aliphatic heterocycles. The molecule has 0 saturated carbocycles. The maximum Gasteiger partial charge on any atom is 0.229 e. The van der Waals surface area contributed by atoms with Crippen LogP contribution in [0.1, 0.15) is 29.2 Å². The number of thiazole rings is 1. The van der Waals surface area contributed by atoms with Crippen LogP contribution >= 0.6 is 11.3 Å². The Kier molecular flexibility index (Phi) is 5.34. The molecule has 0 aliphatic carbocycles. The molecule has 1 aromatic carbocycles. The molecule has 164 valence electrons. The van der Waals surface area contributed by atoms with Crippen molar-refractivity contribution in [3.63, 3.8) is 0 Å². The highest BCUT2D eigenvalue weighted by atomic mass is 32.1. The third-order valence-corrected chi connectivity index (χ3v) is 6.69. The van der Waals surface area contributed by atoms with Gasteiger partial charge in [0.15, 0.2) is 11.6 Å². The van der Waals surface area contributed by atoms with Crippen molar-refractivity contribution in [3.8, 4) is 5.82 Å². The Morgan fingerprint density at radius 2 is 1.91 bits per heavy atom. The number of aryl methyl sites for hydroxylation is 3. The highest BCUT2D eigenvalue weighted by molar-refractivity contribution is 7.18. The van der Waals surface area contributed by atoms with Gasteiger partial charge in [-0.3, -0.25) is 4.79 Å². The number of fused-ring (bicyclic) bond motifs is 1. The fourth-order valence-corrected chi connectivity index (χ4v) is 5.03. The number of benzene rings is 1. The molecule has 8 nitrogen and oxygen atoms in total. The smallest absolute Gasteiger partial charge is 0.229 e. The molecule has 1 saturated heterocycles. The number of amides is 1.